The molecule has 0 radical (unpaired) electrons. The standard InChI is InChI=1S/C20H27NO5/c1-20(9-5-4-6-16(20)19(23)24)21-18(22)15-11-13(15)14-10-12(25-2)7-8-17(14)26-3/h7-8,10,13,15-16H,4-6,9,11H2,1-3H3,(H,21,22)(H,23,24). The van der Waals surface area contributed by atoms with Gasteiger partial charge in [0.2, 0.25) is 5.91 Å². The highest BCUT2D eigenvalue weighted by Gasteiger charge is 2.49. The van der Waals surface area contributed by atoms with Crippen molar-refractivity contribution in [1.29, 1.82) is 0 Å². The maximum Gasteiger partial charge on any atom is 0.308 e. The molecule has 0 aromatic heterocycles. The van der Waals surface area contributed by atoms with E-state index in [4.69, 9.17) is 9.47 Å². The van der Waals surface area contributed by atoms with Gasteiger partial charge >= 0.3 is 5.97 Å². The lowest BCUT2D eigenvalue weighted by Gasteiger charge is -2.40. The molecular weight excluding hydrogens is 334 g/mol. The van der Waals surface area contributed by atoms with Crippen LogP contribution < -0.4 is 14.8 Å². The summed E-state index contributed by atoms with van der Waals surface area (Å²) in [6.07, 6.45) is 3.90. The minimum absolute atomic E-state index is 0.0597. The zero-order chi connectivity index (χ0) is 18.9. The number of ether oxygens (including phenoxy) is 2. The normalized spacial score (nSPS) is 30.3. The van der Waals surface area contributed by atoms with Crippen molar-refractivity contribution < 1.29 is 24.2 Å². The predicted molar refractivity (Wildman–Crippen MR) is 96.5 cm³/mol. The molecule has 0 aliphatic heterocycles. The number of methoxy groups -OCH3 is 2. The molecule has 142 valence electrons. The summed E-state index contributed by atoms with van der Waals surface area (Å²) >= 11 is 0. The van der Waals surface area contributed by atoms with E-state index in [2.05, 4.69) is 5.32 Å². The molecule has 0 saturated heterocycles. The smallest absolute Gasteiger partial charge is 0.308 e. The summed E-state index contributed by atoms with van der Waals surface area (Å²) < 4.78 is 10.7. The highest BCUT2D eigenvalue weighted by molar-refractivity contribution is 5.85. The SMILES string of the molecule is COc1ccc(OC)c(C2CC2C(=O)NC2(C)CCCCC2C(=O)O)c1. The van der Waals surface area contributed by atoms with E-state index in [0.29, 0.717) is 12.8 Å². The molecule has 4 unspecified atom stereocenters. The second-order valence-corrected chi connectivity index (χ2v) is 7.60. The summed E-state index contributed by atoms with van der Waals surface area (Å²) in [5.74, 6) is 0.00347. The fraction of sp³-hybridized carbons (Fsp3) is 0.600. The number of carboxylic acids is 1. The minimum Gasteiger partial charge on any atom is -0.497 e. The summed E-state index contributed by atoms with van der Waals surface area (Å²) in [6, 6.07) is 5.60. The fourth-order valence-electron chi connectivity index (χ4n) is 4.21. The maximum absolute atomic E-state index is 12.8. The number of benzene rings is 1. The molecule has 0 bridgehead atoms. The summed E-state index contributed by atoms with van der Waals surface area (Å²) in [7, 11) is 3.22. The Morgan fingerprint density at radius 3 is 2.65 bits per heavy atom. The molecule has 3 rings (SSSR count). The fourth-order valence-corrected chi connectivity index (χ4v) is 4.21. The van der Waals surface area contributed by atoms with E-state index in [1.54, 1.807) is 14.2 Å². The van der Waals surface area contributed by atoms with Gasteiger partial charge in [-0.05, 0) is 44.4 Å². The lowest BCUT2D eigenvalue weighted by Crippen LogP contribution is -2.55. The molecule has 6 nitrogen and oxygen atoms in total. The van der Waals surface area contributed by atoms with Gasteiger partial charge in [0.15, 0.2) is 0 Å². The number of carboxylic acid groups (broad SMARTS) is 1. The van der Waals surface area contributed by atoms with Gasteiger partial charge in [-0.2, -0.15) is 0 Å². The summed E-state index contributed by atoms with van der Waals surface area (Å²) in [5.41, 5.74) is 0.294. The summed E-state index contributed by atoms with van der Waals surface area (Å²) in [5, 5.41) is 12.6. The van der Waals surface area contributed by atoms with Crippen molar-refractivity contribution in [2.24, 2.45) is 11.8 Å². The monoisotopic (exact) mass is 361 g/mol. The number of hydrogen-bond acceptors (Lipinski definition) is 4. The van der Waals surface area contributed by atoms with Crippen LogP contribution in [0.25, 0.3) is 0 Å². The number of amides is 1. The molecule has 2 aliphatic rings. The zero-order valence-electron chi connectivity index (χ0n) is 15.6. The average molecular weight is 361 g/mol. The lowest BCUT2D eigenvalue weighted by molar-refractivity contribution is -0.146. The quantitative estimate of drug-likeness (QED) is 0.814. The first-order valence-corrected chi connectivity index (χ1v) is 9.16. The maximum atomic E-state index is 12.8. The van der Waals surface area contributed by atoms with E-state index in [1.807, 2.05) is 25.1 Å². The molecule has 6 heteroatoms. The Morgan fingerprint density at radius 1 is 1.23 bits per heavy atom. The first kappa shape index (κ1) is 18.5. The zero-order valence-corrected chi connectivity index (χ0v) is 15.6. The summed E-state index contributed by atoms with van der Waals surface area (Å²) in [6.45, 7) is 1.87. The second-order valence-electron chi connectivity index (χ2n) is 7.60. The van der Waals surface area contributed by atoms with E-state index in [1.165, 1.54) is 0 Å². The van der Waals surface area contributed by atoms with E-state index < -0.39 is 17.4 Å². The van der Waals surface area contributed by atoms with Crippen LogP contribution in [0.3, 0.4) is 0 Å². The Kier molecular flexibility index (Phi) is 5.12. The van der Waals surface area contributed by atoms with Crippen molar-refractivity contribution in [3.05, 3.63) is 23.8 Å². The number of carbonyl (C=O) groups is 2. The van der Waals surface area contributed by atoms with Gasteiger partial charge in [0.1, 0.15) is 11.5 Å². The van der Waals surface area contributed by atoms with Gasteiger partial charge in [0, 0.05) is 17.4 Å². The summed E-state index contributed by atoms with van der Waals surface area (Å²) in [4.78, 5) is 24.4. The van der Waals surface area contributed by atoms with Crippen LogP contribution in [0.1, 0.15) is 50.5 Å². The van der Waals surface area contributed by atoms with Crippen molar-refractivity contribution in [3.8, 4) is 11.5 Å². The number of hydrogen-bond donors (Lipinski definition) is 2. The molecule has 1 aromatic rings. The van der Waals surface area contributed by atoms with Crippen molar-refractivity contribution in [1.82, 2.24) is 5.32 Å². The van der Waals surface area contributed by atoms with Crippen molar-refractivity contribution in [3.63, 3.8) is 0 Å². The molecule has 0 spiro atoms. The predicted octanol–water partition coefficient (Wildman–Crippen LogP) is 2.96. The van der Waals surface area contributed by atoms with Crippen LogP contribution in [-0.4, -0.2) is 36.7 Å². The number of aliphatic carboxylic acids is 1. The molecule has 26 heavy (non-hydrogen) atoms. The Morgan fingerprint density at radius 2 is 2.00 bits per heavy atom. The van der Waals surface area contributed by atoms with Crippen LogP contribution in [0.5, 0.6) is 11.5 Å². The van der Waals surface area contributed by atoms with Crippen molar-refractivity contribution in [2.75, 3.05) is 14.2 Å². The van der Waals surface area contributed by atoms with Crippen LogP contribution in [-0.2, 0) is 9.59 Å². The van der Waals surface area contributed by atoms with Gasteiger partial charge < -0.3 is 19.9 Å². The van der Waals surface area contributed by atoms with E-state index in [0.717, 1.165) is 36.3 Å². The first-order valence-electron chi connectivity index (χ1n) is 9.16. The molecule has 0 heterocycles. The molecule has 4 atom stereocenters. The Balaban J connectivity index is 1.72. The molecule has 2 fully saturated rings. The molecule has 1 amide bonds. The van der Waals surface area contributed by atoms with E-state index in [-0.39, 0.29) is 17.7 Å². The van der Waals surface area contributed by atoms with E-state index >= 15 is 0 Å². The Labute approximate surface area is 153 Å². The third-order valence-electron chi connectivity index (χ3n) is 5.88. The van der Waals surface area contributed by atoms with Gasteiger partial charge in [0.25, 0.3) is 0 Å². The van der Waals surface area contributed by atoms with Crippen molar-refractivity contribution in [2.45, 2.75) is 50.5 Å². The van der Waals surface area contributed by atoms with Crippen LogP contribution in [0, 0.1) is 11.8 Å². The largest absolute Gasteiger partial charge is 0.497 e. The topological polar surface area (TPSA) is 84.9 Å². The van der Waals surface area contributed by atoms with Gasteiger partial charge in [-0.15, -0.1) is 0 Å². The molecule has 2 aliphatic carbocycles. The van der Waals surface area contributed by atoms with Crippen LogP contribution >= 0.6 is 0 Å². The number of carbonyl (C=O) groups excluding carboxylic acids is 1. The van der Waals surface area contributed by atoms with Gasteiger partial charge in [-0.3, -0.25) is 9.59 Å². The lowest BCUT2D eigenvalue weighted by atomic mass is 9.73. The Bertz CT molecular complexity index is 703. The average Bonchev–Trinajstić information content (AvgIpc) is 3.41. The number of rotatable bonds is 6. The van der Waals surface area contributed by atoms with Gasteiger partial charge in [0.05, 0.1) is 25.7 Å². The third kappa shape index (κ3) is 3.50. The van der Waals surface area contributed by atoms with Crippen LogP contribution in [0.4, 0.5) is 0 Å². The van der Waals surface area contributed by atoms with Crippen LogP contribution in [0.15, 0.2) is 18.2 Å². The molecule has 2 saturated carbocycles. The Hall–Kier alpha value is -2.24. The van der Waals surface area contributed by atoms with Crippen molar-refractivity contribution >= 4 is 11.9 Å². The van der Waals surface area contributed by atoms with E-state index in [9.17, 15) is 14.7 Å². The minimum atomic E-state index is -0.825. The first-order chi connectivity index (χ1) is 12.4. The second kappa shape index (κ2) is 7.17. The molecular formula is C20H27NO5. The number of nitrogens with one attached hydrogen (secondary N) is 1. The van der Waals surface area contributed by atoms with Gasteiger partial charge in [-0.25, -0.2) is 0 Å². The highest BCUT2D eigenvalue weighted by atomic mass is 16.5. The highest BCUT2D eigenvalue weighted by Crippen LogP contribution is 2.51. The molecule has 2 N–H and O–H groups in total. The molecule has 1 aromatic carbocycles. The third-order valence-corrected chi connectivity index (χ3v) is 5.88. The van der Waals surface area contributed by atoms with Crippen LogP contribution in [0.2, 0.25) is 0 Å². The van der Waals surface area contributed by atoms with Gasteiger partial charge in [-0.1, -0.05) is 12.8 Å².